The van der Waals surface area contributed by atoms with Crippen molar-refractivity contribution in [1.82, 2.24) is 4.90 Å². The molecule has 136 valence electrons. The van der Waals surface area contributed by atoms with Crippen LogP contribution in [0.4, 0.5) is 10.5 Å². The molecule has 1 N–H and O–H groups in total. The molecule has 0 aromatic heterocycles. The van der Waals surface area contributed by atoms with E-state index < -0.39 is 0 Å². The molecule has 4 nitrogen and oxygen atoms in total. The summed E-state index contributed by atoms with van der Waals surface area (Å²) in [5, 5.41) is 2.81. The van der Waals surface area contributed by atoms with Gasteiger partial charge in [-0.05, 0) is 47.2 Å². The minimum absolute atomic E-state index is 0.0936. The Morgan fingerprint density at radius 1 is 0.778 bits per heavy atom. The van der Waals surface area contributed by atoms with Crippen molar-refractivity contribution in [2.24, 2.45) is 0 Å². The van der Waals surface area contributed by atoms with Gasteiger partial charge in [0.05, 0.1) is 5.69 Å². The van der Waals surface area contributed by atoms with Crippen molar-refractivity contribution in [2.75, 3.05) is 19.4 Å². The summed E-state index contributed by atoms with van der Waals surface area (Å²) in [5.74, 6) is -0.208. The number of hydrogen-bond donors (Lipinski definition) is 1. The first kappa shape index (κ1) is 18.7. The molecule has 5 heteroatoms. The third-order valence-electron chi connectivity index (χ3n) is 3.95. The van der Waals surface area contributed by atoms with E-state index >= 15 is 0 Å². The van der Waals surface area contributed by atoms with Gasteiger partial charge < -0.3 is 10.2 Å². The fourth-order valence-electron chi connectivity index (χ4n) is 2.48. The molecule has 0 saturated carbocycles. The number of anilines is 1. The van der Waals surface area contributed by atoms with Crippen LogP contribution in [0.2, 0.25) is 0 Å². The van der Waals surface area contributed by atoms with Gasteiger partial charge in [0.1, 0.15) is 0 Å². The number of amides is 2. The second-order valence-electron chi connectivity index (χ2n) is 6.16. The third kappa shape index (κ3) is 4.77. The van der Waals surface area contributed by atoms with E-state index in [1.54, 1.807) is 32.3 Å². The SMILES string of the molecule is CN(C)C(=O)Sc1ccccc1NC(=O)c1ccc(-c2ccccc2)cc1. The molecule has 2 amide bonds. The Morgan fingerprint density at radius 3 is 2.04 bits per heavy atom. The maximum absolute atomic E-state index is 12.6. The first-order chi connectivity index (χ1) is 13.0. The Bertz CT molecular complexity index is 938. The number of hydrogen-bond acceptors (Lipinski definition) is 3. The van der Waals surface area contributed by atoms with Crippen LogP contribution in [-0.2, 0) is 0 Å². The zero-order valence-corrected chi connectivity index (χ0v) is 16.0. The molecule has 0 aliphatic rings. The standard InChI is InChI=1S/C22H20N2O2S/c1-24(2)22(26)27-20-11-7-6-10-19(20)23-21(25)18-14-12-17(13-15-18)16-8-4-3-5-9-16/h3-15H,1-2H3,(H,23,25). The molecule has 0 fully saturated rings. The molecule has 0 heterocycles. The second-order valence-corrected chi connectivity index (χ2v) is 7.15. The molecule has 3 rings (SSSR count). The number of carbonyl (C=O) groups is 2. The van der Waals surface area contributed by atoms with Crippen LogP contribution in [0, 0.1) is 0 Å². The molecule has 3 aromatic carbocycles. The maximum atomic E-state index is 12.6. The van der Waals surface area contributed by atoms with Crippen LogP contribution in [-0.4, -0.2) is 30.1 Å². The summed E-state index contributed by atoms with van der Waals surface area (Å²) in [6, 6.07) is 24.8. The van der Waals surface area contributed by atoms with Gasteiger partial charge in [0.2, 0.25) is 0 Å². The van der Waals surface area contributed by atoms with Crippen molar-refractivity contribution in [2.45, 2.75) is 4.90 Å². The molecule has 0 aliphatic carbocycles. The molecule has 0 unspecified atom stereocenters. The van der Waals surface area contributed by atoms with E-state index in [9.17, 15) is 9.59 Å². The van der Waals surface area contributed by atoms with Crippen molar-refractivity contribution >= 4 is 28.6 Å². The molecular weight excluding hydrogens is 356 g/mol. The van der Waals surface area contributed by atoms with Crippen molar-refractivity contribution in [3.63, 3.8) is 0 Å². The monoisotopic (exact) mass is 376 g/mol. The molecule has 0 radical (unpaired) electrons. The highest BCUT2D eigenvalue weighted by Gasteiger charge is 2.13. The van der Waals surface area contributed by atoms with Crippen LogP contribution in [0.3, 0.4) is 0 Å². The highest BCUT2D eigenvalue weighted by molar-refractivity contribution is 8.13. The van der Waals surface area contributed by atoms with E-state index in [0.717, 1.165) is 22.9 Å². The molecule has 0 atom stereocenters. The summed E-state index contributed by atoms with van der Waals surface area (Å²) < 4.78 is 0. The average Bonchev–Trinajstić information content (AvgIpc) is 2.70. The number of thioether (sulfide) groups is 1. The fraction of sp³-hybridized carbons (Fsp3) is 0.0909. The summed E-state index contributed by atoms with van der Waals surface area (Å²) in [6.07, 6.45) is 0. The van der Waals surface area contributed by atoms with Gasteiger partial charge in [0, 0.05) is 24.6 Å². The summed E-state index contributed by atoms with van der Waals surface area (Å²) in [7, 11) is 3.40. The highest BCUT2D eigenvalue weighted by atomic mass is 32.2. The van der Waals surface area contributed by atoms with Crippen LogP contribution < -0.4 is 5.32 Å². The van der Waals surface area contributed by atoms with E-state index in [0.29, 0.717) is 16.1 Å². The first-order valence-electron chi connectivity index (χ1n) is 8.49. The number of benzene rings is 3. The summed E-state index contributed by atoms with van der Waals surface area (Å²) in [5.41, 5.74) is 3.34. The van der Waals surface area contributed by atoms with Gasteiger partial charge >= 0.3 is 0 Å². The van der Waals surface area contributed by atoms with Crippen molar-refractivity contribution in [3.8, 4) is 11.1 Å². The van der Waals surface area contributed by atoms with Crippen LogP contribution in [0.1, 0.15) is 10.4 Å². The topological polar surface area (TPSA) is 49.4 Å². The number of nitrogens with one attached hydrogen (secondary N) is 1. The first-order valence-corrected chi connectivity index (χ1v) is 9.31. The molecule has 27 heavy (non-hydrogen) atoms. The number of rotatable bonds is 4. The van der Waals surface area contributed by atoms with E-state index in [-0.39, 0.29) is 11.1 Å². The number of nitrogens with zero attached hydrogens (tertiary/aromatic N) is 1. The van der Waals surface area contributed by atoms with Gasteiger partial charge in [-0.15, -0.1) is 0 Å². The van der Waals surface area contributed by atoms with Gasteiger partial charge in [-0.3, -0.25) is 9.59 Å². The quantitative estimate of drug-likeness (QED) is 0.622. The molecule has 3 aromatic rings. The normalized spacial score (nSPS) is 10.3. The predicted octanol–water partition coefficient (Wildman–Crippen LogP) is 5.38. The zero-order chi connectivity index (χ0) is 19.2. The molecule has 0 saturated heterocycles. The zero-order valence-electron chi connectivity index (χ0n) is 15.2. The van der Waals surface area contributed by atoms with Gasteiger partial charge in [-0.1, -0.05) is 54.6 Å². The maximum Gasteiger partial charge on any atom is 0.286 e. The van der Waals surface area contributed by atoms with Crippen LogP contribution in [0.25, 0.3) is 11.1 Å². The van der Waals surface area contributed by atoms with Crippen LogP contribution in [0.5, 0.6) is 0 Å². The van der Waals surface area contributed by atoms with E-state index in [4.69, 9.17) is 0 Å². The lowest BCUT2D eigenvalue weighted by Gasteiger charge is -2.13. The summed E-state index contributed by atoms with van der Waals surface area (Å²) >= 11 is 1.09. The van der Waals surface area contributed by atoms with Crippen molar-refractivity contribution in [3.05, 3.63) is 84.4 Å². The lowest BCUT2D eigenvalue weighted by atomic mass is 10.0. The largest absolute Gasteiger partial charge is 0.339 e. The van der Waals surface area contributed by atoms with E-state index in [1.165, 1.54) is 4.90 Å². The molecule has 0 aliphatic heterocycles. The predicted molar refractivity (Wildman–Crippen MR) is 111 cm³/mol. The summed E-state index contributed by atoms with van der Waals surface area (Å²) in [4.78, 5) is 26.8. The lowest BCUT2D eigenvalue weighted by Crippen LogP contribution is -2.17. The number of para-hydroxylation sites is 1. The Balaban J connectivity index is 1.75. The minimum atomic E-state index is -0.208. The molecule has 0 bridgehead atoms. The van der Waals surface area contributed by atoms with E-state index in [1.807, 2.05) is 60.7 Å². The summed E-state index contributed by atoms with van der Waals surface area (Å²) in [6.45, 7) is 0. The highest BCUT2D eigenvalue weighted by Crippen LogP contribution is 2.29. The minimum Gasteiger partial charge on any atom is -0.339 e. The Morgan fingerprint density at radius 2 is 1.37 bits per heavy atom. The van der Waals surface area contributed by atoms with Gasteiger partial charge in [0.25, 0.3) is 11.1 Å². The molecule has 0 spiro atoms. The van der Waals surface area contributed by atoms with Crippen molar-refractivity contribution < 1.29 is 9.59 Å². The van der Waals surface area contributed by atoms with Crippen molar-refractivity contribution in [1.29, 1.82) is 0 Å². The van der Waals surface area contributed by atoms with Crippen LogP contribution in [0.15, 0.2) is 83.8 Å². The van der Waals surface area contributed by atoms with Crippen LogP contribution >= 0.6 is 11.8 Å². The molecular formula is C22H20N2O2S. The fourth-order valence-corrected chi connectivity index (χ4v) is 3.23. The number of carbonyl (C=O) groups excluding carboxylic acids is 2. The Kier molecular flexibility index (Phi) is 5.94. The van der Waals surface area contributed by atoms with Gasteiger partial charge in [-0.2, -0.15) is 0 Å². The Hall–Kier alpha value is -3.05. The van der Waals surface area contributed by atoms with Gasteiger partial charge in [-0.25, -0.2) is 0 Å². The lowest BCUT2D eigenvalue weighted by molar-refractivity contribution is 0.102. The third-order valence-corrected chi connectivity index (χ3v) is 5.07. The average molecular weight is 376 g/mol. The Labute approximate surface area is 163 Å². The van der Waals surface area contributed by atoms with E-state index in [2.05, 4.69) is 5.32 Å². The second kappa shape index (κ2) is 8.56. The smallest absolute Gasteiger partial charge is 0.286 e. The van der Waals surface area contributed by atoms with Gasteiger partial charge in [0.15, 0.2) is 0 Å².